The number of aromatic nitrogens is 5. The van der Waals surface area contributed by atoms with Crippen molar-refractivity contribution in [2.75, 3.05) is 5.32 Å². The Morgan fingerprint density at radius 3 is 2.50 bits per heavy atom. The van der Waals surface area contributed by atoms with E-state index in [9.17, 15) is 4.79 Å². The minimum atomic E-state index is 0.0132. The van der Waals surface area contributed by atoms with Crippen LogP contribution in [0.3, 0.4) is 0 Å². The first kappa shape index (κ1) is 22.0. The van der Waals surface area contributed by atoms with Crippen molar-refractivity contribution in [2.45, 2.75) is 26.2 Å². The second-order valence-corrected chi connectivity index (χ2v) is 9.29. The Hall–Kier alpha value is -4.52. The molecule has 1 aliphatic carbocycles. The van der Waals surface area contributed by atoms with Crippen LogP contribution in [0.15, 0.2) is 91.3 Å². The van der Waals surface area contributed by atoms with E-state index >= 15 is 0 Å². The predicted molar refractivity (Wildman–Crippen MR) is 139 cm³/mol. The number of carbonyl (C=O) groups is 1. The molecule has 1 aliphatic rings. The van der Waals surface area contributed by atoms with Gasteiger partial charge in [0.2, 0.25) is 5.91 Å². The molecule has 0 bridgehead atoms. The molecular weight excluding hydrogens is 448 g/mol. The van der Waals surface area contributed by atoms with Crippen LogP contribution in [0.4, 0.5) is 5.69 Å². The minimum Gasteiger partial charge on any atom is -0.326 e. The molecular formula is C29H26N6O. The van der Waals surface area contributed by atoms with Crippen LogP contribution in [-0.2, 0) is 4.79 Å². The number of para-hydroxylation sites is 1. The van der Waals surface area contributed by atoms with Crippen LogP contribution in [0.2, 0.25) is 0 Å². The molecule has 2 heterocycles. The van der Waals surface area contributed by atoms with E-state index in [-0.39, 0.29) is 11.8 Å². The summed E-state index contributed by atoms with van der Waals surface area (Å²) in [5.41, 5.74) is 7.54. The molecule has 1 fully saturated rings. The molecule has 3 aromatic carbocycles. The number of aryl methyl sites for hydroxylation is 1. The summed E-state index contributed by atoms with van der Waals surface area (Å²) in [4.78, 5) is 12.9. The quantitative estimate of drug-likeness (QED) is 0.354. The molecule has 0 radical (unpaired) electrons. The van der Waals surface area contributed by atoms with Crippen molar-refractivity contribution in [2.24, 2.45) is 5.92 Å². The van der Waals surface area contributed by atoms with E-state index in [0.717, 1.165) is 46.0 Å². The number of nitrogens with zero attached hydrogens (tertiary/aromatic N) is 5. The summed E-state index contributed by atoms with van der Waals surface area (Å²) < 4.78 is 3.65. The minimum absolute atomic E-state index is 0.0132. The lowest BCUT2D eigenvalue weighted by atomic mass is 10.1. The zero-order valence-electron chi connectivity index (χ0n) is 20.2. The lowest BCUT2D eigenvalue weighted by Crippen LogP contribution is -2.15. The fourth-order valence-electron chi connectivity index (χ4n) is 4.72. The van der Waals surface area contributed by atoms with E-state index in [4.69, 9.17) is 0 Å². The summed E-state index contributed by atoms with van der Waals surface area (Å²) in [6, 6.07) is 26.1. The summed E-state index contributed by atoms with van der Waals surface area (Å²) in [5, 5.41) is 16.4. The van der Waals surface area contributed by atoms with Crippen LogP contribution in [0, 0.1) is 19.8 Å². The molecule has 0 spiro atoms. The number of anilines is 1. The summed E-state index contributed by atoms with van der Waals surface area (Å²) in [5.74, 6) is 0.371. The molecule has 2 atom stereocenters. The number of hydrogen-bond acceptors (Lipinski definition) is 4. The van der Waals surface area contributed by atoms with Crippen LogP contribution in [0.1, 0.15) is 29.2 Å². The van der Waals surface area contributed by atoms with Gasteiger partial charge in [-0.25, -0.2) is 9.36 Å². The topological polar surface area (TPSA) is 77.6 Å². The van der Waals surface area contributed by atoms with E-state index < -0.39 is 0 Å². The Morgan fingerprint density at radius 1 is 0.972 bits per heavy atom. The van der Waals surface area contributed by atoms with Crippen LogP contribution < -0.4 is 5.32 Å². The predicted octanol–water partition coefficient (Wildman–Crippen LogP) is 5.48. The maximum absolute atomic E-state index is 12.9. The Kier molecular flexibility index (Phi) is 5.45. The van der Waals surface area contributed by atoms with E-state index in [2.05, 4.69) is 32.9 Å². The first-order valence-corrected chi connectivity index (χ1v) is 12.1. The van der Waals surface area contributed by atoms with Gasteiger partial charge in [-0.1, -0.05) is 59.8 Å². The highest BCUT2D eigenvalue weighted by molar-refractivity contribution is 5.95. The Morgan fingerprint density at radius 2 is 1.72 bits per heavy atom. The molecule has 178 valence electrons. The number of amides is 1. The van der Waals surface area contributed by atoms with Crippen molar-refractivity contribution in [1.29, 1.82) is 0 Å². The molecule has 1 amide bonds. The van der Waals surface area contributed by atoms with Crippen LogP contribution in [0.5, 0.6) is 0 Å². The lowest BCUT2D eigenvalue weighted by Gasteiger charge is -2.10. The zero-order valence-corrected chi connectivity index (χ0v) is 20.2. The summed E-state index contributed by atoms with van der Waals surface area (Å²) in [6.45, 7) is 4.05. The third-order valence-corrected chi connectivity index (χ3v) is 6.86. The van der Waals surface area contributed by atoms with Gasteiger partial charge in [0.1, 0.15) is 5.69 Å². The van der Waals surface area contributed by atoms with E-state index in [1.165, 1.54) is 5.56 Å². The molecule has 0 saturated heterocycles. The second-order valence-electron chi connectivity index (χ2n) is 9.29. The van der Waals surface area contributed by atoms with Crippen molar-refractivity contribution in [3.8, 4) is 22.6 Å². The molecule has 0 aliphatic heterocycles. The van der Waals surface area contributed by atoms with Gasteiger partial charge in [0, 0.05) is 17.2 Å². The van der Waals surface area contributed by atoms with Gasteiger partial charge in [-0.15, -0.1) is 5.10 Å². The Labute approximate surface area is 209 Å². The number of nitrogens with one attached hydrogen (secondary N) is 1. The molecule has 5 aromatic rings. The van der Waals surface area contributed by atoms with Gasteiger partial charge in [-0.2, -0.15) is 5.10 Å². The number of carbonyl (C=O) groups excluding carboxylic acids is 1. The molecule has 7 heteroatoms. The number of hydrogen-bond donors (Lipinski definition) is 1. The standard InChI is InChI=1S/C29H26N6O/c1-19-13-14-22(31-29(36)25-16-24(25)21-9-5-3-6-10-21)15-28(19)34-18-27(32-33-34)26-17-30-35(20(26)2)23-11-7-4-8-12-23/h3-15,17-18,24-25H,16H2,1-2H3,(H,31,36). The molecule has 1 saturated carbocycles. The van der Waals surface area contributed by atoms with Crippen molar-refractivity contribution >= 4 is 11.6 Å². The SMILES string of the molecule is Cc1ccc(NC(=O)C2CC2c2ccccc2)cc1-n1cc(-c2cnn(-c3ccccc3)c2C)nn1. The van der Waals surface area contributed by atoms with Gasteiger partial charge in [0.05, 0.1) is 29.5 Å². The first-order chi connectivity index (χ1) is 17.6. The molecule has 2 unspecified atom stereocenters. The highest BCUT2D eigenvalue weighted by Gasteiger charge is 2.43. The number of benzene rings is 3. The molecule has 1 N–H and O–H groups in total. The average molecular weight is 475 g/mol. The molecule has 7 nitrogen and oxygen atoms in total. The van der Waals surface area contributed by atoms with Gasteiger partial charge in [-0.3, -0.25) is 4.79 Å². The monoisotopic (exact) mass is 474 g/mol. The molecule has 6 rings (SSSR count). The first-order valence-electron chi connectivity index (χ1n) is 12.1. The molecule has 2 aromatic heterocycles. The third-order valence-electron chi connectivity index (χ3n) is 6.86. The highest BCUT2D eigenvalue weighted by atomic mass is 16.2. The summed E-state index contributed by atoms with van der Waals surface area (Å²) in [7, 11) is 0. The zero-order chi connectivity index (χ0) is 24.6. The van der Waals surface area contributed by atoms with E-state index in [0.29, 0.717) is 5.92 Å². The largest absolute Gasteiger partial charge is 0.326 e. The smallest absolute Gasteiger partial charge is 0.228 e. The fraction of sp³-hybridized carbons (Fsp3) is 0.172. The average Bonchev–Trinajstić information content (AvgIpc) is 3.42. The van der Waals surface area contributed by atoms with Crippen LogP contribution >= 0.6 is 0 Å². The van der Waals surface area contributed by atoms with Gasteiger partial charge in [0.25, 0.3) is 0 Å². The third kappa shape index (κ3) is 4.09. The van der Waals surface area contributed by atoms with Crippen LogP contribution in [0.25, 0.3) is 22.6 Å². The Balaban J connectivity index is 1.21. The second kappa shape index (κ2) is 8.92. The van der Waals surface area contributed by atoms with Crippen molar-refractivity contribution in [1.82, 2.24) is 24.8 Å². The number of rotatable bonds is 6. The lowest BCUT2D eigenvalue weighted by molar-refractivity contribution is -0.117. The van der Waals surface area contributed by atoms with E-state index in [1.54, 1.807) is 4.68 Å². The van der Waals surface area contributed by atoms with Gasteiger partial charge in [0.15, 0.2) is 0 Å². The fourth-order valence-corrected chi connectivity index (χ4v) is 4.72. The van der Waals surface area contributed by atoms with Gasteiger partial charge in [-0.05, 0) is 61.6 Å². The van der Waals surface area contributed by atoms with E-state index in [1.807, 2.05) is 97.7 Å². The van der Waals surface area contributed by atoms with Gasteiger partial charge < -0.3 is 5.32 Å². The van der Waals surface area contributed by atoms with Crippen molar-refractivity contribution < 1.29 is 4.79 Å². The molecule has 36 heavy (non-hydrogen) atoms. The van der Waals surface area contributed by atoms with Crippen molar-refractivity contribution in [3.63, 3.8) is 0 Å². The summed E-state index contributed by atoms with van der Waals surface area (Å²) >= 11 is 0. The van der Waals surface area contributed by atoms with Gasteiger partial charge >= 0.3 is 0 Å². The normalized spacial score (nSPS) is 16.6. The highest BCUT2D eigenvalue weighted by Crippen LogP contribution is 2.47. The Bertz CT molecular complexity index is 1540. The maximum atomic E-state index is 12.9. The van der Waals surface area contributed by atoms with Crippen molar-refractivity contribution in [3.05, 3.63) is 108 Å². The van der Waals surface area contributed by atoms with Crippen LogP contribution in [-0.4, -0.2) is 30.7 Å². The summed E-state index contributed by atoms with van der Waals surface area (Å²) in [6.07, 6.45) is 4.61. The maximum Gasteiger partial charge on any atom is 0.228 e.